The highest BCUT2D eigenvalue weighted by Gasteiger charge is 2.14. The molecular formula is C20H19Cl2FN4O2S. The number of benzene rings is 2. The van der Waals surface area contributed by atoms with Crippen molar-refractivity contribution in [3.8, 4) is 5.75 Å². The maximum Gasteiger partial charge on any atom is 0.234 e. The molecule has 0 aliphatic rings. The maximum absolute atomic E-state index is 13.2. The lowest BCUT2D eigenvalue weighted by molar-refractivity contribution is -0.113. The van der Waals surface area contributed by atoms with E-state index in [4.69, 9.17) is 27.9 Å². The van der Waals surface area contributed by atoms with E-state index in [2.05, 4.69) is 15.5 Å². The van der Waals surface area contributed by atoms with Crippen LogP contribution in [0.5, 0.6) is 5.75 Å². The number of hydrogen-bond donors (Lipinski definition) is 1. The van der Waals surface area contributed by atoms with Crippen molar-refractivity contribution in [2.75, 3.05) is 11.1 Å². The Labute approximate surface area is 187 Å². The number of nitrogens with one attached hydrogen (secondary N) is 1. The first-order chi connectivity index (χ1) is 14.4. The van der Waals surface area contributed by atoms with Crippen LogP contribution < -0.4 is 10.1 Å². The van der Waals surface area contributed by atoms with Crippen molar-refractivity contribution in [1.82, 2.24) is 14.8 Å². The molecule has 0 aliphatic carbocycles. The van der Waals surface area contributed by atoms with Crippen LogP contribution in [0, 0.1) is 12.7 Å². The van der Waals surface area contributed by atoms with Crippen molar-refractivity contribution in [3.05, 3.63) is 63.6 Å². The summed E-state index contributed by atoms with van der Waals surface area (Å²) in [4.78, 5) is 12.2. The van der Waals surface area contributed by atoms with Gasteiger partial charge in [0.1, 0.15) is 18.2 Å². The van der Waals surface area contributed by atoms with Gasteiger partial charge in [-0.2, -0.15) is 0 Å². The molecule has 0 spiro atoms. The number of nitrogens with zero attached hydrogens (tertiary/aromatic N) is 3. The van der Waals surface area contributed by atoms with Crippen molar-refractivity contribution in [1.29, 1.82) is 0 Å². The lowest BCUT2D eigenvalue weighted by Crippen LogP contribution is -2.15. The van der Waals surface area contributed by atoms with Crippen LogP contribution in [0.3, 0.4) is 0 Å². The van der Waals surface area contributed by atoms with Crippen LogP contribution in [0.2, 0.25) is 10.0 Å². The number of hydrogen-bond acceptors (Lipinski definition) is 5. The number of anilines is 1. The molecule has 0 fully saturated rings. The molecular weight excluding hydrogens is 450 g/mol. The summed E-state index contributed by atoms with van der Waals surface area (Å²) >= 11 is 13.0. The minimum atomic E-state index is -0.538. The highest BCUT2D eigenvalue weighted by molar-refractivity contribution is 7.99. The van der Waals surface area contributed by atoms with Gasteiger partial charge in [-0.1, -0.05) is 35.0 Å². The summed E-state index contributed by atoms with van der Waals surface area (Å²) in [6.45, 7) is 4.74. The number of carbonyl (C=O) groups excluding carboxylic acids is 1. The summed E-state index contributed by atoms with van der Waals surface area (Å²) in [5.74, 6) is 0.656. The third kappa shape index (κ3) is 5.65. The summed E-state index contributed by atoms with van der Waals surface area (Å²) in [5, 5.41) is 12.2. The van der Waals surface area contributed by atoms with Crippen LogP contribution in [0.1, 0.15) is 18.3 Å². The fourth-order valence-corrected chi connectivity index (χ4v) is 3.73. The van der Waals surface area contributed by atoms with Gasteiger partial charge in [0.05, 0.1) is 10.8 Å². The Morgan fingerprint density at radius 3 is 2.70 bits per heavy atom. The van der Waals surface area contributed by atoms with Gasteiger partial charge < -0.3 is 14.6 Å². The van der Waals surface area contributed by atoms with Crippen molar-refractivity contribution in [2.24, 2.45) is 0 Å². The summed E-state index contributed by atoms with van der Waals surface area (Å²) < 4.78 is 20.9. The normalized spacial score (nSPS) is 10.8. The Bertz CT molecular complexity index is 1060. The minimum absolute atomic E-state index is 0.0493. The highest BCUT2D eigenvalue weighted by Crippen LogP contribution is 2.23. The molecule has 0 aliphatic heterocycles. The predicted molar refractivity (Wildman–Crippen MR) is 117 cm³/mol. The first-order valence-corrected chi connectivity index (χ1v) is 10.8. The topological polar surface area (TPSA) is 69.0 Å². The van der Waals surface area contributed by atoms with Gasteiger partial charge in [-0.15, -0.1) is 10.2 Å². The third-order valence-corrected chi connectivity index (χ3v) is 5.82. The molecule has 1 aromatic heterocycles. The molecule has 2 aromatic carbocycles. The van der Waals surface area contributed by atoms with Crippen LogP contribution in [0.25, 0.3) is 0 Å². The first kappa shape index (κ1) is 22.4. The summed E-state index contributed by atoms with van der Waals surface area (Å²) in [5.41, 5.74) is 1.35. The molecule has 1 heterocycles. The van der Waals surface area contributed by atoms with Crippen molar-refractivity contribution in [3.63, 3.8) is 0 Å². The zero-order chi connectivity index (χ0) is 21.7. The number of rotatable bonds is 8. The average molecular weight is 469 g/mol. The number of thioether (sulfide) groups is 1. The molecule has 0 atom stereocenters. The Morgan fingerprint density at radius 1 is 1.20 bits per heavy atom. The first-order valence-electron chi connectivity index (χ1n) is 9.06. The molecule has 1 N–H and O–H groups in total. The lowest BCUT2D eigenvalue weighted by Gasteiger charge is -2.10. The summed E-state index contributed by atoms with van der Waals surface area (Å²) in [7, 11) is 0. The molecule has 3 aromatic rings. The van der Waals surface area contributed by atoms with E-state index in [1.165, 1.54) is 30.0 Å². The van der Waals surface area contributed by atoms with Crippen molar-refractivity contribution < 1.29 is 13.9 Å². The van der Waals surface area contributed by atoms with Crippen LogP contribution in [0.15, 0.2) is 41.6 Å². The molecule has 0 bridgehead atoms. The lowest BCUT2D eigenvalue weighted by atomic mass is 10.2. The number of aromatic nitrogens is 3. The van der Waals surface area contributed by atoms with E-state index in [1.54, 1.807) is 12.1 Å². The Balaban J connectivity index is 1.58. The molecule has 30 heavy (non-hydrogen) atoms. The fraction of sp³-hybridized carbons (Fsp3) is 0.250. The SMILES string of the molecule is CCn1c(COc2ccc(Cl)c(C)c2)nnc1SCC(=O)Nc1ccc(F)c(Cl)c1. The van der Waals surface area contributed by atoms with Crippen molar-refractivity contribution in [2.45, 2.75) is 32.2 Å². The van der Waals surface area contributed by atoms with E-state index in [0.29, 0.717) is 34.0 Å². The zero-order valence-electron chi connectivity index (χ0n) is 16.3. The minimum Gasteiger partial charge on any atom is -0.486 e. The van der Waals surface area contributed by atoms with Crippen LogP contribution in [-0.2, 0) is 17.9 Å². The number of carbonyl (C=O) groups is 1. The summed E-state index contributed by atoms with van der Waals surface area (Å²) in [6.07, 6.45) is 0. The van der Waals surface area contributed by atoms with E-state index < -0.39 is 5.82 Å². The van der Waals surface area contributed by atoms with E-state index in [-0.39, 0.29) is 23.3 Å². The average Bonchev–Trinajstić information content (AvgIpc) is 3.12. The Hall–Kier alpha value is -2.29. The summed E-state index contributed by atoms with van der Waals surface area (Å²) in [6, 6.07) is 9.45. The molecule has 3 rings (SSSR count). The largest absolute Gasteiger partial charge is 0.486 e. The predicted octanol–water partition coefficient (Wildman–Crippen LogP) is 5.36. The van der Waals surface area contributed by atoms with E-state index in [0.717, 1.165) is 5.56 Å². The molecule has 0 saturated heterocycles. The van der Waals surface area contributed by atoms with Gasteiger partial charge >= 0.3 is 0 Å². The molecule has 0 radical (unpaired) electrons. The monoisotopic (exact) mass is 468 g/mol. The molecule has 0 saturated carbocycles. The van der Waals surface area contributed by atoms with E-state index in [9.17, 15) is 9.18 Å². The van der Waals surface area contributed by atoms with Gasteiger partial charge in [-0.25, -0.2) is 4.39 Å². The number of ether oxygens (including phenoxy) is 1. The smallest absolute Gasteiger partial charge is 0.234 e. The number of halogens is 3. The standard InChI is InChI=1S/C20H19Cl2FN4O2S/c1-3-27-18(10-29-14-5-6-15(21)12(2)8-14)25-26-20(27)30-11-19(28)24-13-4-7-17(23)16(22)9-13/h4-9H,3,10-11H2,1-2H3,(H,24,28). The van der Waals surface area contributed by atoms with Gasteiger partial charge in [-0.3, -0.25) is 4.79 Å². The van der Waals surface area contributed by atoms with E-state index >= 15 is 0 Å². The Kier molecular flexibility index (Phi) is 7.58. The number of aryl methyl sites for hydroxylation is 1. The van der Waals surface area contributed by atoms with Gasteiger partial charge in [-0.05, 0) is 55.8 Å². The van der Waals surface area contributed by atoms with Crippen LogP contribution >= 0.6 is 35.0 Å². The number of amides is 1. The van der Waals surface area contributed by atoms with Crippen molar-refractivity contribution >= 4 is 46.6 Å². The zero-order valence-corrected chi connectivity index (χ0v) is 18.6. The maximum atomic E-state index is 13.2. The van der Waals surface area contributed by atoms with Crippen LogP contribution in [-0.4, -0.2) is 26.4 Å². The second kappa shape index (κ2) is 10.1. The Morgan fingerprint density at radius 2 is 2.00 bits per heavy atom. The quantitative estimate of drug-likeness (QED) is 0.450. The van der Waals surface area contributed by atoms with Gasteiger partial charge in [0.25, 0.3) is 0 Å². The van der Waals surface area contributed by atoms with Gasteiger partial charge in [0.2, 0.25) is 5.91 Å². The molecule has 10 heteroatoms. The second-order valence-electron chi connectivity index (χ2n) is 6.31. The fourth-order valence-electron chi connectivity index (χ4n) is 2.61. The molecule has 1 amide bonds. The molecule has 158 valence electrons. The van der Waals surface area contributed by atoms with E-state index in [1.807, 2.05) is 24.5 Å². The van der Waals surface area contributed by atoms with Crippen LogP contribution in [0.4, 0.5) is 10.1 Å². The second-order valence-corrected chi connectivity index (χ2v) is 8.07. The molecule has 6 nitrogen and oxygen atoms in total. The van der Waals surface area contributed by atoms with Gasteiger partial charge in [0, 0.05) is 17.3 Å². The molecule has 0 unspecified atom stereocenters. The van der Waals surface area contributed by atoms with Gasteiger partial charge in [0.15, 0.2) is 11.0 Å². The highest BCUT2D eigenvalue weighted by atomic mass is 35.5. The third-order valence-electron chi connectivity index (χ3n) is 4.14.